The zero-order valence-corrected chi connectivity index (χ0v) is 11.1. The fraction of sp³-hybridized carbons (Fsp3) is 0.900. The molecule has 0 aliphatic carbocycles. The Balaban J connectivity index is 4.16. The van der Waals surface area contributed by atoms with Crippen LogP contribution in [0.2, 0.25) is 0 Å². The van der Waals surface area contributed by atoms with Crippen molar-refractivity contribution < 1.29 is 4.74 Å². The molecule has 0 atom stereocenters. The molecule has 0 bridgehead atoms. The van der Waals surface area contributed by atoms with Crippen LogP contribution in [0.15, 0.2) is 0 Å². The van der Waals surface area contributed by atoms with E-state index in [2.05, 4.69) is 34.6 Å². The summed E-state index contributed by atoms with van der Waals surface area (Å²) in [7, 11) is 0. The first-order valence-corrected chi connectivity index (χ1v) is 6.06. The van der Waals surface area contributed by atoms with Gasteiger partial charge in [-0.25, -0.2) is 0 Å². The molecule has 0 unspecified atom stereocenters. The highest BCUT2D eigenvalue weighted by atomic mass is 32.2. The molecule has 1 nitrogen and oxygen atoms in total. The van der Waals surface area contributed by atoms with Crippen molar-refractivity contribution in [2.75, 3.05) is 6.26 Å². The van der Waals surface area contributed by atoms with Crippen molar-refractivity contribution in [3.63, 3.8) is 0 Å². The molecule has 0 spiro atoms. The number of rotatable bonds is 2. The lowest BCUT2D eigenvalue weighted by Crippen LogP contribution is -2.31. The van der Waals surface area contributed by atoms with Gasteiger partial charge in [0.25, 0.3) is 0 Å². The minimum atomic E-state index is -0.154. The molecule has 13 heavy (non-hydrogen) atoms. The third-order valence-corrected chi connectivity index (χ3v) is 2.48. The molecular weight excluding hydrogens is 200 g/mol. The van der Waals surface area contributed by atoms with Gasteiger partial charge in [-0.05, 0) is 44.2 Å². The first-order chi connectivity index (χ1) is 5.66. The number of hydrogen-bond acceptors (Lipinski definition) is 3. The Morgan fingerprint density at radius 1 is 1.23 bits per heavy atom. The summed E-state index contributed by atoms with van der Waals surface area (Å²) in [5.74, 6) is 0. The van der Waals surface area contributed by atoms with E-state index in [9.17, 15) is 0 Å². The lowest BCUT2D eigenvalue weighted by Gasteiger charge is -2.32. The maximum Gasteiger partial charge on any atom is 0.220 e. The lowest BCUT2D eigenvalue weighted by molar-refractivity contribution is 0.0582. The Morgan fingerprint density at radius 2 is 1.69 bits per heavy atom. The Kier molecular flexibility index (Phi) is 4.73. The van der Waals surface area contributed by atoms with Gasteiger partial charge < -0.3 is 4.74 Å². The SMILES string of the molecule is CSC(=S)OC(C)(C)CC(C)(C)C. The van der Waals surface area contributed by atoms with E-state index < -0.39 is 0 Å². The zero-order chi connectivity index (χ0) is 10.7. The molecule has 0 saturated carbocycles. The van der Waals surface area contributed by atoms with Crippen molar-refractivity contribution in [3.8, 4) is 0 Å². The van der Waals surface area contributed by atoms with Crippen molar-refractivity contribution in [3.05, 3.63) is 0 Å². The Morgan fingerprint density at radius 3 is 2.00 bits per heavy atom. The number of thiocarbonyl (C=S) groups is 1. The van der Waals surface area contributed by atoms with Gasteiger partial charge >= 0.3 is 0 Å². The number of thioether (sulfide) groups is 1. The Hall–Kier alpha value is 0.240. The van der Waals surface area contributed by atoms with E-state index in [-0.39, 0.29) is 11.0 Å². The molecule has 0 aromatic heterocycles. The van der Waals surface area contributed by atoms with Crippen LogP contribution in [0.4, 0.5) is 0 Å². The molecule has 0 fully saturated rings. The minimum Gasteiger partial charge on any atom is -0.473 e. The quantitative estimate of drug-likeness (QED) is 0.654. The molecule has 0 heterocycles. The van der Waals surface area contributed by atoms with Crippen molar-refractivity contribution in [2.24, 2.45) is 5.41 Å². The van der Waals surface area contributed by atoms with Gasteiger partial charge in [-0.15, -0.1) is 0 Å². The normalized spacial score (nSPS) is 12.8. The maximum atomic E-state index is 5.66. The molecule has 0 radical (unpaired) electrons. The Labute approximate surface area is 91.6 Å². The van der Waals surface area contributed by atoms with Crippen molar-refractivity contribution >= 4 is 28.4 Å². The standard InChI is InChI=1S/C10H20OS2/c1-9(2,3)7-10(4,5)11-8(12)13-6/h7H2,1-6H3. The second-order valence-corrected chi connectivity index (χ2v) is 6.46. The van der Waals surface area contributed by atoms with Gasteiger partial charge in [0.05, 0.1) is 0 Å². The molecule has 0 aliphatic rings. The van der Waals surface area contributed by atoms with Crippen LogP contribution in [-0.2, 0) is 4.74 Å². The third-order valence-electron chi connectivity index (χ3n) is 1.48. The van der Waals surface area contributed by atoms with Crippen LogP contribution in [0.1, 0.15) is 41.0 Å². The van der Waals surface area contributed by atoms with E-state index in [1.807, 2.05) is 6.26 Å². The highest BCUT2D eigenvalue weighted by molar-refractivity contribution is 8.22. The van der Waals surface area contributed by atoms with Crippen LogP contribution in [0.25, 0.3) is 0 Å². The van der Waals surface area contributed by atoms with Crippen LogP contribution >= 0.6 is 24.0 Å². The number of hydrogen-bond donors (Lipinski definition) is 0. The molecule has 0 N–H and O–H groups in total. The summed E-state index contributed by atoms with van der Waals surface area (Å²) < 4.78 is 6.29. The van der Waals surface area contributed by atoms with E-state index in [1.165, 1.54) is 11.8 Å². The van der Waals surface area contributed by atoms with Gasteiger partial charge in [0.1, 0.15) is 5.60 Å². The average Bonchev–Trinajstić information content (AvgIpc) is 1.80. The lowest BCUT2D eigenvalue weighted by atomic mass is 9.84. The molecule has 0 saturated heterocycles. The maximum absolute atomic E-state index is 5.66. The van der Waals surface area contributed by atoms with Crippen LogP contribution in [0, 0.1) is 5.41 Å². The molecule has 0 aliphatic heterocycles. The third kappa shape index (κ3) is 7.32. The first kappa shape index (κ1) is 13.2. The summed E-state index contributed by atoms with van der Waals surface area (Å²) in [4.78, 5) is 0. The van der Waals surface area contributed by atoms with E-state index in [0.29, 0.717) is 4.38 Å². The van der Waals surface area contributed by atoms with Gasteiger partial charge in [0.15, 0.2) is 0 Å². The van der Waals surface area contributed by atoms with E-state index >= 15 is 0 Å². The highest BCUT2D eigenvalue weighted by Gasteiger charge is 2.27. The van der Waals surface area contributed by atoms with E-state index in [0.717, 1.165) is 6.42 Å². The summed E-state index contributed by atoms with van der Waals surface area (Å²) in [5, 5.41) is 0. The van der Waals surface area contributed by atoms with Gasteiger partial charge in [-0.2, -0.15) is 0 Å². The zero-order valence-electron chi connectivity index (χ0n) is 9.43. The fourth-order valence-electron chi connectivity index (χ4n) is 1.58. The molecule has 3 heteroatoms. The van der Waals surface area contributed by atoms with Crippen LogP contribution in [-0.4, -0.2) is 16.2 Å². The fourth-order valence-corrected chi connectivity index (χ4v) is 2.12. The van der Waals surface area contributed by atoms with Crippen molar-refractivity contribution in [1.82, 2.24) is 0 Å². The van der Waals surface area contributed by atoms with Crippen LogP contribution < -0.4 is 0 Å². The molecule has 0 rings (SSSR count). The van der Waals surface area contributed by atoms with Crippen molar-refractivity contribution in [1.29, 1.82) is 0 Å². The van der Waals surface area contributed by atoms with Gasteiger partial charge in [-0.1, -0.05) is 32.5 Å². The molecular formula is C10H20OS2. The Bertz CT molecular complexity index is 180. The summed E-state index contributed by atoms with van der Waals surface area (Å²) in [6, 6.07) is 0. The predicted molar refractivity (Wildman–Crippen MR) is 65.3 cm³/mol. The highest BCUT2D eigenvalue weighted by Crippen LogP contribution is 2.30. The average molecular weight is 220 g/mol. The number of ether oxygens (including phenoxy) is 1. The minimum absolute atomic E-state index is 0.154. The van der Waals surface area contributed by atoms with Crippen LogP contribution in [0.3, 0.4) is 0 Å². The molecule has 0 amide bonds. The molecule has 0 aromatic rings. The monoisotopic (exact) mass is 220 g/mol. The van der Waals surface area contributed by atoms with E-state index in [1.54, 1.807) is 0 Å². The summed E-state index contributed by atoms with van der Waals surface area (Å²) in [6.45, 7) is 10.8. The summed E-state index contributed by atoms with van der Waals surface area (Å²) in [6.07, 6.45) is 2.94. The largest absolute Gasteiger partial charge is 0.473 e. The molecule has 78 valence electrons. The molecule has 0 aromatic carbocycles. The van der Waals surface area contributed by atoms with Crippen molar-refractivity contribution in [2.45, 2.75) is 46.6 Å². The smallest absolute Gasteiger partial charge is 0.220 e. The van der Waals surface area contributed by atoms with Gasteiger partial charge in [0, 0.05) is 0 Å². The predicted octanol–water partition coefficient (Wildman–Crippen LogP) is 3.87. The summed E-state index contributed by atoms with van der Waals surface area (Å²) in [5.41, 5.74) is 0.121. The van der Waals surface area contributed by atoms with Gasteiger partial charge in [-0.3, -0.25) is 0 Å². The first-order valence-electron chi connectivity index (χ1n) is 4.43. The second-order valence-electron chi connectivity index (χ2n) is 5.05. The second kappa shape index (κ2) is 4.65. The van der Waals surface area contributed by atoms with Gasteiger partial charge in [0.2, 0.25) is 4.38 Å². The topological polar surface area (TPSA) is 9.23 Å². The van der Waals surface area contributed by atoms with Crippen LogP contribution in [0.5, 0.6) is 0 Å². The summed E-state index contributed by atoms with van der Waals surface area (Å²) >= 11 is 6.52. The van der Waals surface area contributed by atoms with E-state index in [4.69, 9.17) is 17.0 Å².